The van der Waals surface area contributed by atoms with Gasteiger partial charge in [-0.2, -0.15) is 0 Å². The molecule has 7 heteroatoms. The molecule has 2 rings (SSSR count). The minimum absolute atomic E-state index is 0.0177. The molecular formula is C10H9N3O4. The summed E-state index contributed by atoms with van der Waals surface area (Å²) >= 11 is 0. The number of hydroxylamine groups is 1. The van der Waals surface area contributed by atoms with Crippen LogP contribution in [0.5, 0.6) is 0 Å². The molecule has 1 aliphatic rings. The Bertz CT molecular complexity index is 469. The van der Waals surface area contributed by atoms with E-state index < -0.39 is 11.0 Å². The Morgan fingerprint density at radius 1 is 1.47 bits per heavy atom. The summed E-state index contributed by atoms with van der Waals surface area (Å²) in [6, 6.07) is 5.34. The fourth-order valence-corrected chi connectivity index (χ4v) is 1.30. The first-order valence-electron chi connectivity index (χ1n) is 4.86. The number of carbonyl (C=O) groups excluding carboxylic acids is 1. The van der Waals surface area contributed by atoms with E-state index in [1.54, 1.807) is 12.1 Å². The van der Waals surface area contributed by atoms with Gasteiger partial charge < -0.3 is 0 Å². The third-order valence-electron chi connectivity index (χ3n) is 2.22. The largest absolute Gasteiger partial charge is 0.277 e. The molecular weight excluding hydrogens is 226 g/mol. The predicted octanol–water partition coefficient (Wildman–Crippen LogP) is 0.444. The third kappa shape index (κ3) is 2.64. The molecule has 1 saturated heterocycles. The zero-order chi connectivity index (χ0) is 12.3. The van der Waals surface area contributed by atoms with E-state index in [1.165, 1.54) is 18.3 Å². The Kier molecular flexibility index (Phi) is 3.10. The summed E-state index contributed by atoms with van der Waals surface area (Å²) in [5.74, 6) is -0.289. The number of hydrogen-bond acceptors (Lipinski definition) is 5. The number of nitrogens with one attached hydrogen (secondary N) is 1. The lowest BCUT2D eigenvalue weighted by molar-refractivity contribution is -0.384. The average molecular weight is 235 g/mol. The van der Waals surface area contributed by atoms with Crippen molar-refractivity contribution in [3.05, 3.63) is 39.9 Å². The van der Waals surface area contributed by atoms with Crippen molar-refractivity contribution in [2.24, 2.45) is 4.99 Å². The normalized spacial score (nSPS) is 19.5. The summed E-state index contributed by atoms with van der Waals surface area (Å²) in [7, 11) is 0. The predicted molar refractivity (Wildman–Crippen MR) is 58.6 cm³/mol. The maximum absolute atomic E-state index is 11.1. The van der Waals surface area contributed by atoms with Crippen molar-refractivity contribution >= 4 is 17.8 Å². The molecule has 1 aromatic carbocycles. The minimum atomic E-state index is -0.551. The SMILES string of the molecule is O=C1NOCC1N=Cc1ccc([N+](=O)[O-])cc1. The maximum atomic E-state index is 11.1. The molecule has 0 radical (unpaired) electrons. The van der Waals surface area contributed by atoms with E-state index in [4.69, 9.17) is 4.84 Å². The molecule has 1 heterocycles. The molecule has 17 heavy (non-hydrogen) atoms. The van der Waals surface area contributed by atoms with Gasteiger partial charge in [-0.3, -0.25) is 24.7 Å². The lowest BCUT2D eigenvalue weighted by atomic mass is 10.2. The van der Waals surface area contributed by atoms with Gasteiger partial charge in [0.1, 0.15) is 6.61 Å². The van der Waals surface area contributed by atoms with E-state index in [1.807, 2.05) is 0 Å². The molecule has 0 spiro atoms. The molecule has 1 unspecified atom stereocenters. The van der Waals surface area contributed by atoms with Crippen LogP contribution in [0.25, 0.3) is 0 Å². The number of nitrogens with zero attached hydrogens (tertiary/aromatic N) is 2. The van der Waals surface area contributed by atoms with Crippen molar-refractivity contribution in [2.45, 2.75) is 6.04 Å². The topological polar surface area (TPSA) is 93.8 Å². The van der Waals surface area contributed by atoms with E-state index in [0.29, 0.717) is 5.56 Å². The van der Waals surface area contributed by atoms with Crippen LogP contribution in [0.2, 0.25) is 0 Å². The Balaban J connectivity index is 2.06. The summed E-state index contributed by atoms with van der Waals surface area (Å²) in [5, 5.41) is 10.4. The van der Waals surface area contributed by atoms with Crippen LogP contribution in [0.4, 0.5) is 5.69 Å². The number of aliphatic imine (C=N–C) groups is 1. The average Bonchev–Trinajstić information content (AvgIpc) is 2.73. The second-order valence-corrected chi connectivity index (χ2v) is 3.42. The van der Waals surface area contributed by atoms with Crippen LogP contribution in [0.15, 0.2) is 29.3 Å². The summed E-state index contributed by atoms with van der Waals surface area (Å²) in [5.41, 5.74) is 2.90. The first-order chi connectivity index (χ1) is 8.16. The highest BCUT2D eigenvalue weighted by Gasteiger charge is 2.23. The van der Waals surface area contributed by atoms with Crippen LogP contribution in [0, 0.1) is 10.1 Å². The summed E-state index contributed by atoms with van der Waals surface area (Å²) in [6.45, 7) is 0.197. The van der Waals surface area contributed by atoms with Gasteiger partial charge in [-0.15, -0.1) is 0 Å². The third-order valence-corrected chi connectivity index (χ3v) is 2.22. The first kappa shape index (κ1) is 11.2. The number of benzene rings is 1. The van der Waals surface area contributed by atoms with E-state index in [0.717, 1.165) is 0 Å². The van der Waals surface area contributed by atoms with Crippen molar-refractivity contribution in [2.75, 3.05) is 6.61 Å². The van der Waals surface area contributed by atoms with Crippen LogP contribution in [-0.2, 0) is 9.63 Å². The fourth-order valence-electron chi connectivity index (χ4n) is 1.30. The molecule has 1 N–H and O–H groups in total. The fraction of sp³-hybridized carbons (Fsp3) is 0.200. The van der Waals surface area contributed by atoms with Gasteiger partial charge in [-0.25, -0.2) is 5.48 Å². The number of carbonyl (C=O) groups is 1. The molecule has 0 saturated carbocycles. The van der Waals surface area contributed by atoms with Crippen molar-refractivity contribution < 1.29 is 14.6 Å². The Morgan fingerprint density at radius 2 is 2.18 bits per heavy atom. The van der Waals surface area contributed by atoms with E-state index >= 15 is 0 Å². The van der Waals surface area contributed by atoms with Crippen LogP contribution in [0.1, 0.15) is 5.56 Å². The zero-order valence-electron chi connectivity index (χ0n) is 8.70. The van der Waals surface area contributed by atoms with E-state index in [-0.39, 0.29) is 18.2 Å². The van der Waals surface area contributed by atoms with Gasteiger partial charge in [-0.1, -0.05) is 0 Å². The van der Waals surface area contributed by atoms with Crippen molar-refractivity contribution in [3.8, 4) is 0 Å². The Hall–Kier alpha value is -2.28. The van der Waals surface area contributed by atoms with Crippen molar-refractivity contribution in [1.82, 2.24) is 5.48 Å². The van der Waals surface area contributed by atoms with Crippen molar-refractivity contribution in [3.63, 3.8) is 0 Å². The monoisotopic (exact) mass is 235 g/mol. The van der Waals surface area contributed by atoms with Gasteiger partial charge in [0.2, 0.25) is 0 Å². The molecule has 0 bridgehead atoms. The van der Waals surface area contributed by atoms with Crippen LogP contribution in [0.3, 0.4) is 0 Å². The van der Waals surface area contributed by atoms with Crippen LogP contribution in [-0.4, -0.2) is 29.7 Å². The smallest absolute Gasteiger partial charge is 0.270 e. The molecule has 1 fully saturated rings. The number of hydrogen-bond donors (Lipinski definition) is 1. The van der Waals surface area contributed by atoms with Gasteiger partial charge in [0.25, 0.3) is 11.6 Å². The zero-order valence-corrected chi connectivity index (χ0v) is 8.70. The lowest BCUT2D eigenvalue weighted by Crippen LogP contribution is -2.21. The first-order valence-corrected chi connectivity index (χ1v) is 4.86. The van der Waals surface area contributed by atoms with E-state index in [9.17, 15) is 14.9 Å². The van der Waals surface area contributed by atoms with Gasteiger partial charge in [0, 0.05) is 18.3 Å². The minimum Gasteiger partial charge on any atom is -0.277 e. The quantitative estimate of drug-likeness (QED) is 0.467. The van der Waals surface area contributed by atoms with Gasteiger partial charge in [-0.05, 0) is 17.7 Å². The molecule has 88 valence electrons. The second kappa shape index (κ2) is 4.71. The molecule has 1 aliphatic heterocycles. The number of nitro groups is 1. The molecule has 0 aliphatic carbocycles. The van der Waals surface area contributed by atoms with Gasteiger partial charge in [0.15, 0.2) is 6.04 Å². The number of rotatable bonds is 3. The highest BCUT2D eigenvalue weighted by Crippen LogP contribution is 2.11. The Morgan fingerprint density at radius 3 is 2.71 bits per heavy atom. The Labute approximate surface area is 96.2 Å². The summed E-state index contributed by atoms with van der Waals surface area (Å²) in [4.78, 5) is 29.8. The number of amides is 1. The molecule has 1 aromatic rings. The standard InChI is InChI=1S/C10H9N3O4/c14-10-9(6-17-12-10)11-5-7-1-3-8(4-2-7)13(15)16/h1-5,9H,6H2,(H,12,14). The summed E-state index contributed by atoms with van der Waals surface area (Å²) < 4.78 is 0. The van der Waals surface area contributed by atoms with E-state index in [2.05, 4.69) is 10.5 Å². The maximum Gasteiger partial charge on any atom is 0.270 e. The second-order valence-electron chi connectivity index (χ2n) is 3.42. The summed E-state index contributed by atoms with van der Waals surface area (Å²) in [6.07, 6.45) is 1.49. The van der Waals surface area contributed by atoms with Crippen LogP contribution < -0.4 is 5.48 Å². The van der Waals surface area contributed by atoms with Crippen LogP contribution >= 0.6 is 0 Å². The van der Waals surface area contributed by atoms with Gasteiger partial charge >= 0.3 is 0 Å². The van der Waals surface area contributed by atoms with Gasteiger partial charge in [0.05, 0.1) is 4.92 Å². The van der Waals surface area contributed by atoms with Crippen molar-refractivity contribution in [1.29, 1.82) is 0 Å². The molecule has 1 amide bonds. The highest BCUT2D eigenvalue weighted by atomic mass is 16.7. The lowest BCUT2D eigenvalue weighted by Gasteiger charge is -1.96. The molecule has 1 atom stereocenters. The highest BCUT2D eigenvalue weighted by molar-refractivity contribution is 5.87. The number of non-ortho nitro benzene ring substituents is 1. The number of nitro benzene ring substituents is 1. The molecule has 7 nitrogen and oxygen atoms in total. The molecule has 0 aromatic heterocycles.